The first-order chi connectivity index (χ1) is 9.83. The van der Waals surface area contributed by atoms with Gasteiger partial charge in [-0.25, -0.2) is 0 Å². The lowest BCUT2D eigenvalue weighted by atomic mass is 9.84. The highest BCUT2D eigenvalue weighted by Crippen LogP contribution is 2.37. The summed E-state index contributed by atoms with van der Waals surface area (Å²) in [7, 11) is -0.854. The summed E-state index contributed by atoms with van der Waals surface area (Å²) in [4.78, 5) is 0. The van der Waals surface area contributed by atoms with Crippen LogP contribution < -0.4 is 5.59 Å². The van der Waals surface area contributed by atoms with E-state index in [9.17, 15) is 13.2 Å². The van der Waals surface area contributed by atoms with Gasteiger partial charge >= 0.3 is 13.3 Å². The Kier molecular flexibility index (Phi) is 4.15. The van der Waals surface area contributed by atoms with Crippen LogP contribution in [0.2, 0.25) is 0 Å². The van der Waals surface area contributed by atoms with Crippen LogP contribution in [0.15, 0.2) is 6.07 Å². The standard InChI is InChI=1S/C14H22BF3N2O2/c1-9(2)8-20-11(7-10(19-20)14(16,17)18)15-21-12(3,4)13(5,6)22-15/h7,9H,8H2,1-6H3. The highest BCUT2D eigenvalue weighted by molar-refractivity contribution is 6.61. The molecule has 0 N–H and O–H groups in total. The van der Waals surface area contributed by atoms with Crippen molar-refractivity contribution in [2.24, 2.45) is 5.92 Å². The topological polar surface area (TPSA) is 36.3 Å². The average Bonchev–Trinajstić information content (AvgIpc) is 2.77. The van der Waals surface area contributed by atoms with Gasteiger partial charge in [0.2, 0.25) is 0 Å². The first kappa shape index (κ1) is 17.3. The quantitative estimate of drug-likeness (QED) is 0.804. The van der Waals surface area contributed by atoms with Crippen molar-refractivity contribution in [3.8, 4) is 0 Å². The Bertz CT molecular complexity index is 537. The third kappa shape index (κ3) is 3.17. The van der Waals surface area contributed by atoms with Gasteiger partial charge in [0.15, 0.2) is 5.69 Å². The molecule has 1 aromatic heterocycles. The van der Waals surface area contributed by atoms with Crippen LogP contribution in [0.25, 0.3) is 0 Å². The van der Waals surface area contributed by atoms with Gasteiger partial charge in [-0.05, 0) is 39.7 Å². The lowest BCUT2D eigenvalue weighted by Crippen LogP contribution is -2.41. The molecule has 4 nitrogen and oxygen atoms in total. The lowest BCUT2D eigenvalue weighted by molar-refractivity contribution is -0.141. The van der Waals surface area contributed by atoms with E-state index < -0.39 is 30.2 Å². The summed E-state index contributed by atoms with van der Waals surface area (Å²) in [6.45, 7) is 11.7. The van der Waals surface area contributed by atoms with Crippen LogP contribution in [0.3, 0.4) is 0 Å². The Hall–Kier alpha value is -1.02. The highest BCUT2D eigenvalue weighted by Gasteiger charge is 2.53. The Labute approximate surface area is 129 Å². The number of hydrogen-bond acceptors (Lipinski definition) is 3. The van der Waals surface area contributed by atoms with E-state index in [1.54, 1.807) is 0 Å². The summed E-state index contributed by atoms with van der Waals surface area (Å²) in [5.74, 6) is 0.155. The molecule has 1 fully saturated rings. The fourth-order valence-electron chi connectivity index (χ4n) is 2.22. The van der Waals surface area contributed by atoms with E-state index in [1.807, 2.05) is 41.5 Å². The largest absolute Gasteiger partial charge is 0.514 e. The molecule has 0 spiro atoms. The number of alkyl halides is 3. The monoisotopic (exact) mass is 318 g/mol. The summed E-state index contributed by atoms with van der Waals surface area (Å²) in [5.41, 5.74) is -1.83. The molecule has 0 aliphatic carbocycles. The Morgan fingerprint density at radius 1 is 1.18 bits per heavy atom. The Morgan fingerprint density at radius 2 is 1.68 bits per heavy atom. The lowest BCUT2D eigenvalue weighted by Gasteiger charge is -2.32. The molecule has 22 heavy (non-hydrogen) atoms. The number of hydrogen-bond donors (Lipinski definition) is 0. The zero-order valence-electron chi connectivity index (χ0n) is 13.8. The first-order valence-electron chi connectivity index (χ1n) is 7.34. The van der Waals surface area contributed by atoms with Gasteiger partial charge in [-0.1, -0.05) is 13.8 Å². The molecule has 0 bridgehead atoms. The van der Waals surface area contributed by atoms with Crippen molar-refractivity contribution in [2.75, 3.05) is 0 Å². The maximum atomic E-state index is 13.0. The molecule has 0 saturated carbocycles. The van der Waals surface area contributed by atoms with Crippen LogP contribution in [0, 0.1) is 5.92 Å². The number of nitrogens with zero attached hydrogens (tertiary/aromatic N) is 2. The molecule has 0 amide bonds. The molecule has 0 radical (unpaired) electrons. The minimum Gasteiger partial charge on any atom is -0.398 e. The van der Waals surface area contributed by atoms with Gasteiger partial charge in [0.1, 0.15) is 0 Å². The van der Waals surface area contributed by atoms with Crippen LogP contribution >= 0.6 is 0 Å². The van der Waals surface area contributed by atoms with Crippen molar-refractivity contribution in [3.63, 3.8) is 0 Å². The maximum absolute atomic E-state index is 13.0. The molecule has 8 heteroatoms. The van der Waals surface area contributed by atoms with Crippen LogP contribution in [0.4, 0.5) is 13.2 Å². The van der Waals surface area contributed by atoms with E-state index in [0.717, 1.165) is 6.07 Å². The molecule has 124 valence electrons. The second-order valence-electron chi connectivity index (χ2n) is 7.12. The van der Waals surface area contributed by atoms with Crippen LogP contribution in [-0.4, -0.2) is 28.1 Å². The van der Waals surface area contributed by atoms with E-state index >= 15 is 0 Å². The summed E-state index contributed by atoms with van der Waals surface area (Å²) in [6.07, 6.45) is -4.49. The minimum absolute atomic E-state index is 0.155. The number of aromatic nitrogens is 2. The summed E-state index contributed by atoms with van der Waals surface area (Å²) < 4.78 is 51.9. The van der Waals surface area contributed by atoms with Gasteiger partial charge in [-0.2, -0.15) is 18.3 Å². The van der Waals surface area contributed by atoms with Gasteiger partial charge < -0.3 is 9.31 Å². The molecule has 1 aromatic rings. The first-order valence-corrected chi connectivity index (χ1v) is 7.34. The van der Waals surface area contributed by atoms with Gasteiger partial charge in [0.25, 0.3) is 0 Å². The van der Waals surface area contributed by atoms with Gasteiger partial charge in [-0.15, -0.1) is 0 Å². The summed E-state index contributed by atoms with van der Waals surface area (Å²) in [6, 6.07) is 1.02. The third-order valence-electron chi connectivity index (χ3n) is 4.13. The molecular weight excluding hydrogens is 296 g/mol. The average molecular weight is 318 g/mol. The molecule has 2 rings (SSSR count). The second kappa shape index (κ2) is 5.27. The fraction of sp³-hybridized carbons (Fsp3) is 0.786. The van der Waals surface area contributed by atoms with Crippen LogP contribution in [0.5, 0.6) is 0 Å². The summed E-state index contributed by atoms with van der Waals surface area (Å²) in [5, 5.41) is 3.69. The summed E-state index contributed by atoms with van der Waals surface area (Å²) >= 11 is 0. The minimum atomic E-state index is -4.49. The maximum Gasteiger partial charge on any atom is 0.514 e. The SMILES string of the molecule is CC(C)Cn1nc(C(F)(F)F)cc1B1OC(C)(C)C(C)(C)O1. The smallest absolute Gasteiger partial charge is 0.398 e. The zero-order chi connectivity index (χ0) is 16.9. The van der Waals surface area contributed by atoms with Crippen molar-refractivity contribution in [1.82, 2.24) is 9.78 Å². The van der Waals surface area contributed by atoms with Crippen LogP contribution in [-0.2, 0) is 22.0 Å². The van der Waals surface area contributed by atoms with Gasteiger partial charge in [-0.3, -0.25) is 4.68 Å². The number of halogens is 3. The Balaban J connectivity index is 2.40. The molecule has 0 atom stereocenters. The van der Waals surface area contributed by atoms with Crippen molar-refractivity contribution in [1.29, 1.82) is 0 Å². The number of rotatable bonds is 3. The Morgan fingerprint density at radius 3 is 2.09 bits per heavy atom. The molecule has 2 heterocycles. The zero-order valence-corrected chi connectivity index (χ0v) is 13.8. The van der Waals surface area contributed by atoms with Crippen molar-refractivity contribution >= 4 is 12.7 Å². The molecule has 0 unspecified atom stereocenters. The van der Waals surface area contributed by atoms with Gasteiger partial charge in [0.05, 0.1) is 16.8 Å². The normalized spacial score (nSPS) is 20.9. The predicted octanol–water partition coefficient (Wildman–Crippen LogP) is 2.86. The van der Waals surface area contributed by atoms with E-state index in [0.29, 0.717) is 12.1 Å². The van der Waals surface area contributed by atoms with Crippen molar-refractivity contribution in [3.05, 3.63) is 11.8 Å². The predicted molar refractivity (Wildman–Crippen MR) is 77.8 cm³/mol. The molecular formula is C14H22BF3N2O2. The fourth-order valence-corrected chi connectivity index (χ4v) is 2.22. The highest BCUT2D eigenvalue weighted by atomic mass is 19.4. The van der Waals surface area contributed by atoms with E-state index in [4.69, 9.17) is 9.31 Å². The molecule has 1 saturated heterocycles. The molecule has 1 aliphatic heterocycles. The van der Waals surface area contributed by atoms with E-state index in [1.165, 1.54) is 4.68 Å². The van der Waals surface area contributed by atoms with E-state index in [2.05, 4.69) is 5.10 Å². The second-order valence-corrected chi connectivity index (χ2v) is 7.12. The molecule has 1 aliphatic rings. The van der Waals surface area contributed by atoms with Crippen molar-refractivity contribution < 1.29 is 22.5 Å². The van der Waals surface area contributed by atoms with Crippen LogP contribution in [0.1, 0.15) is 47.2 Å². The van der Waals surface area contributed by atoms with Gasteiger partial charge in [0, 0.05) is 6.54 Å². The van der Waals surface area contributed by atoms with E-state index in [-0.39, 0.29) is 5.92 Å². The van der Waals surface area contributed by atoms with Crippen molar-refractivity contribution in [2.45, 2.75) is 65.5 Å². The third-order valence-corrected chi connectivity index (χ3v) is 4.13. The molecule has 0 aromatic carbocycles.